The summed E-state index contributed by atoms with van der Waals surface area (Å²) < 4.78 is 5.22. The van der Waals surface area contributed by atoms with Crippen molar-refractivity contribution in [3.8, 4) is 0 Å². The van der Waals surface area contributed by atoms with Gasteiger partial charge in [0.2, 0.25) is 0 Å². The van der Waals surface area contributed by atoms with E-state index in [2.05, 4.69) is 53.9 Å². The van der Waals surface area contributed by atoms with Crippen LogP contribution in [-0.2, 0) is 13.0 Å². The predicted octanol–water partition coefficient (Wildman–Crippen LogP) is 4.30. The van der Waals surface area contributed by atoms with E-state index in [1.165, 1.54) is 16.7 Å². The average Bonchev–Trinajstić information content (AvgIpc) is 2.92. The van der Waals surface area contributed by atoms with Gasteiger partial charge in [-0.3, -0.25) is 0 Å². The van der Waals surface area contributed by atoms with E-state index >= 15 is 0 Å². The predicted molar refractivity (Wildman–Crippen MR) is 118 cm³/mol. The van der Waals surface area contributed by atoms with Crippen molar-refractivity contribution in [2.75, 3.05) is 13.1 Å². The van der Waals surface area contributed by atoms with Crippen molar-refractivity contribution in [1.29, 1.82) is 0 Å². The molecule has 5 nitrogen and oxygen atoms in total. The summed E-state index contributed by atoms with van der Waals surface area (Å²) in [6.45, 7) is 10.6. The maximum absolute atomic E-state index is 5.22. The molecule has 0 unspecified atom stereocenters. The fraction of sp³-hybridized carbons (Fsp3) is 0.500. The first-order valence-electron chi connectivity index (χ1n) is 9.09. The molecule has 0 spiro atoms. The molecule has 1 aromatic carbocycles. The van der Waals surface area contributed by atoms with Crippen molar-refractivity contribution >= 4 is 29.9 Å². The fourth-order valence-corrected chi connectivity index (χ4v) is 2.59. The molecule has 6 heteroatoms. The van der Waals surface area contributed by atoms with E-state index in [1.54, 1.807) is 0 Å². The summed E-state index contributed by atoms with van der Waals surface area (Å²) >= 11 is 0. The molecule has 0 atom stereocenters. The molecule has 0 aliphatic rings. The average molecular weight is 470 g/mol. The van der Waals surface area contributed by atoms with Crippen LogP contribution >= 0.6 is 24.0 Å². The molecule has 0 bridgehead atoms. The third-order valence-corrected chi connectivity index (χ3v) is 4.21. The van der Waals surface area contributed by atoms with Crippen molar-refractivity contribution in [3.05, 3.63) is 52.4 Å². The van der Waals surface area contributed by atoms with Crippen molar-refractivity contribution in [3.63, 3.8) is 0 Å². The molecule has 26 heavy (non-hydrogen) atoms. The van der Waals surface area contributed by atoms with Gasteiger partial charge < -0.3 is 15.2 Å². The molecular formula is C20H31IN4O. The van der Waals surface area contributed by atoms with Crippen LogP contribution < -0.4 is 10.6 Å². The number of guanidine groups is 1. The first kappa shape index (κ1) is 22.5. The zero-order valence-corrected chi connectivity index (χ0v) is 18.6. The molecule has 0 saturated heterocycles. The monoisotopic (exact) mass is 470 g/mol. The van der Waals surface area contributed by atoms with Gasteiger partial charge in [0.25, 0.3) is 0 Å². The molecule has 144 valence electrons. The maximum Gasteiger partial charge on any atom is 0.191 e. The third-order valence-electron chi connectivity index (χ3n) is 4.21. The molecule has 0 saturated carbocycles. The summed E-state index contributed by atoms with van der Waals surface area (Å²) in [6.07, 6.45) is 3.17. The van der Waals surface area contributed by atoms with Gasteiger partial charge in [-0.1, -0.05) is 48.3 Å². The number of halogens is 1. The second-order valence-electron chi connectivity index (χ2n) is 6.41. The van der Waals surface area contributed by atoms with E-state index in [4.69, 9.17) is 9.52 Å². The van der Waals surface area contributed by atoms with Crippen LogP contribution in [0.15, 0.2) is 33.8 Å². The van der Waals surface area contributed by atoms with Crippen molar-refractivity contribution in [2.45, 2.75) is 53.5 Å². The largest absolute Gasteiger partial charge is 0.361 e. The molecular weight excluding hydrogens is 439 g/mol. The van der Waals surface area contributed by atoms with Gasteiger partial charge in [0.15, 0.2) is 5.96 Å². The minimum absolute atomic E-state index is 0. The Labute approximate surface area is 174 Å². The molecule has 0 fully saturated rings. The quantitative estimate of drug-likeness (QED) is 0.262. The zero-order chi connectivity index (χ0) is 18.1. The maximum atomic E-state index is 5.22. The number of aliphatic imine (C=N–C) groups is 1. The summed E-state index contributed by atoms with van der Waals surface area (Å²) in [4.78, 5) is 4.71. The van der Waals surface area contributed by atoms with Gasteiger partial charge in [-0.15, -0.1) is 24.0 Å². The minimum atomic E-state index is 0. The van der Waals surface area contributed by atoms with Gasteiger partial charge in [-0.05, 0) is 39.2 Å². The lowest BCUT2D eigenvalue weighted by atomic mass is 10.1. The smallest absolute Gasteiger partial charge is 0.191 e. The van der Waals surface area contributed by atoms with Gasteiger partial charge in [0, 0.05) is 18.7 Å². The molecule has 1 aromatic heterocycles. The number of nitrogens with zero attached hydrogens (tertiary/aromatic N) is 2. The Hall–Kier alpha value is -1.57. The Bertz CT molecular complexity index is 660. The van der Waals surface area contributed by atoms with Crippen LogP contribution in [0.25, 0.3) is 0 Å². The minimum Gasteiger partial charge on any atom is -0.361 e. The highest BCUT2D eigenvalue weighted by Gasteiger charge is 2.08. The van der Waals surface area contributed by atoms with Crippen LogP contribution in [0.2, 0.25) is 0 Å². The van der Waals surface area contributed by atoms with Crippen LogP contribution in [0.4, 0.5) is 0 Å². The lowest BCUT2D eigenvalue weighted by Gasteiger charge is -2.12. The van der Waals surface area contributed by atoms with Crippen LogP contribution in [0, 0.1) is 20.8 Å². The Morgan fingerprint density at radius 2 is 1.77 bits per heavy atom. The fourth-order valence-electron chi connectivity index (χ4n) is 2.59. The molecule has 2 rings (SSSR count). The molecule has 0 aliphatic carbocycles. The summed E-state index contributed by atoms with van der Waals surface area (Å²) in [5.41, 5.74) is 4.63. The van der Waals surface area contributed by atoms with Crippen molar-refractivity contribution in [2.24, 2.45) is 4.99 Å². The van der Waals surface area contributed by atoms with Gasteiger partial charge in [-0.25, -0.2) is 4.99 Å². The van der Waals surface area contributed by atoms with Crippen molar-refractivity contribution < 1.29 is 4.52 Å². The van der Waals surface area contributed by atoms with Gasteiger partial charge >= 0.3 is 0 Å². The second kappa shape index (κ2) is 11.9. The number of hydrogen-bond acceptors (Lipinski definition) is 3. The third kappa shape index (κ3) is 7.35. The van der Waals surface area contributed by atoms with Crippen LogP contribution in [0.1, 0.15) is 47.9 Å². The lowest BCUT2D eigenvalue weighted by molar-refractivity contribution is 0.392. The number of unbranched alkanes of at least 4 members (excludes halogenated alkanes) is 1. The number of benzene rings is 1. The number of rotatable bonds is 8. The normalized spacial score (nSPS) is 11.2. The standard InChI is InChI=1S/C20H30N4O.HI/c1-5-6-12-21-20(23-14-18-9-7-15(2)8-10-18)22-13-11-19-16(3)24-25-17(19)4;/h7-10H,5-6,11-14H2,1-4H3,(H2,21,22,23);1H. The van der Waals surface area contributed by atoms with Crippen LogP contribution in [0.3, 0.4) is 0 Å². The zero-order valence-electron chi connectivity index (χ0n) is 16.3. The molecule has 0 amide bonds. The van der Waals surface area contributed by atoms with E-state index in [1.807, 2.05) is 13.8 Å². The van der Waals surface area contributed by atoms with E-state index in [0.29, 0.717) is 6.54 Å². The number of aryl methyl sites for hydroxylation is 3. The first-order valence-corrected chi connectivity index (χ1v) is 9.09. The highest BCUT2D eigenvalue weighted by atomic mass is 127. The topological polar surface area (TPSA) is 62.5 Å². The Morgan fingerprint density at radius 3 is 2.38 bits per heavy atom. The summed E-state index contributed by atoms with van der Waals surface area (Å²) in [5.74, 6) is 1.76. The second-order valence-corrected chi connectivity index (χ2v) is 6.41. The highest BCUT2D eigenvalue weighted by molar-refractivity contribution is 14.0. The molecule has 2 aromatic rings. The molecule has 0 radical (unpaired) electrons. The highest BCUT2D eigenvalue weighted by Crippen LogP contribution is 2.12. The number of aromatic nitrogens is 1. The number of hydrogen-bond donors (Lipinski definition) is 2. The first-order chi connectivity index (χ1) is 12.1. The van der Waals surface area contributed by atoms with E-state index < -0.39 is 0 Å². The van der Waals surface area contributed by atoms with Crippen LogP contribution in [0.5, 0.6) is 0 Å². The van der Waals surface area contributed by atoms with Crippen molar-refractivity contribution in [1.82, 2.24) is 15.8 Å². The Kier molecular flexibility index (Phi) is 10.3. The summed E-state index contributed by atoms with van der Waals surface area (Å²) in [7, 11) is 0. The molecule has 0 aliphatic heterocycles. The summed E-state index contributed by atoms with van der Waals surface area (Å²) in [5, 5.41) is 10.8. The Morgan fingerprint density at radius 1 is 1.08 bits per heavy atom. The van der Waals surface area contributed by atoms with Crippen LogP contribution in [-0.4, -0.2) is 24.2 Å². The van der Waals surface area contributed by atoms with E-state index in [9.17, 15) is 0 Å². The van der Waals surface area contributed by atoms with Gasteiger partial charge in [0.1, 0.15) is 5.76 Å². The number of nitrogens with one attached hydrogen (secondary N) is 2. The van der Waals surface area contributed by atoms with E-state index in [0.717, 1.165) is 49.8 Å². The Balaban J connectivity index is 0.00000338. The lowest BCUT2D eigenvalue weighted by Crippen LogP contribution is -2.39. The molecule has 2 N–H and O–H groups in total. The molecule has 1 heterocycles. The van der Waals surface area contributed by atoms with Gasteiger partial charge in [0.05, 0.1) is 12.2 Å². The van der Waals surface area contributed by atoms with Gasteiger partial charge in [-0.2, -0.15) is 0 Å². The van der Waals surface area contributed by atoms with E-state index in [-0.39, 0.29) is 24.0 Å². The SMILES string of the molecule is CCCCNC(=NCc1ccc(C)cc1)NCCc1c(C)noc1C.I. The summed E-state index contributed by atoms with van der Waals surface area (Å²) in [6, 6.07) is 8.51.